The van der Waals surface area contributed by atoms with Gasteiger partial charge in [-0.2, -0.15) is 0 Å². The van der Waals surface area contributed by atoms with Gasteiger partial charge in [-0.1, -0.05) is 13.8 Å². The molecule has 1 atom stereocenters. The molecule has 0 aromatic heterocycles. The number of amides is 1. The van der Waals surface area contributed by atoms with Crippen LogP contribution in [0.1, 0.15) is 34.1 Å². The number of hydrogen-bond donors (Lipinski definition) is 1. The maximum absolute atomic E-state index is 10.6. The normalized spacial score (nSPS) is 12.6. The molecule has 0 spiro atoms. The molecule has 0 aromatic carbocycles. The number of carbonyl (C=O) groups excluding carboxylic acids is 1. The summed E-state index contributed by atoms with van der Waals surface area (Å²) < 4.78 is 2.09. The average Bonchev–Trinajstić information content (AvgIpc) is 2.10. The second-order valence-corrected chi connectivity index (χ2v) is 4.13. The van der Waals surface area contributed by atoms with E-state index in [0.29, 0.717) is 12.0 Å². The predicted molar refractivity (Wildman–Crippen MR) is 59.8 cm³/mol. The number of nitrogens with one attached hydrogen (secondary N) is 1. The third-order valence-corrected chi connectivity index (χ3v) is 2.54. The molecule has 0 saturated carbocycles. The summed E-state index contributed by atoms with van der Waals surface area (Å²) >= 11 is 0. The molecule has 0 aliphatic carbocycles. The van der Waals surface area contributed by atoms with Crippen LogP contribution < -0.4 is 5.32 Å². The van der Waals surface area contributed by atoms with Crippen LogP contribution in [0.4, 0.5) is 0 Å². The molecule has 0 fully saturated rings. The van der Waals surface area contributed by atoms with E-state index in [1.807, 2.05) is 0 Å². The van der Waals surface area contributed by atoms with Gasteiger partial charge in [0.25, 0.3) is 0 Å². The van der Waals surface area contributed by atoms with E-state index < -0.39 is 0 Å². The highest BCUT2D eigenvalue weighted by molar-refractivity contribution is 5.72. The first-order valence-electron chi connectivity index (χ1n) is 5.26. The van der Waals surface area contributed by atoms with Crippen molar-refractivity contribution in [1.82, 2.24) is 5.32 Å². The van der Waals surface area contributed by atoms with Gasteiger partial charge >= 0.3 is 0 Å². The quantitative estimate of drug-likeness (QED) is 0.390. The molecule has 0 bridgehead atoms. The van der Waals surface area contributed by atoms with Crippen molar-refractivity contribution in [3.8, 4) is 0 Å². The van der Waals surface area contributed by atoms with E-state index in [4.69, 9.17) is 0 Å². The van der Waals surface area contributed by atoms with Gasteiger partial charge in [0.1, 0.15) is 13.3 Å². The molecule has 0 aliphatic rings. The van der Waals surface area contributed by atoms with Gasteiger partial charge < -0.3 is 5.32 Å². The van der Waals surface area contributed by atoms with Crippen molar-refractivity contribution in [3.05, 3.63) is 0 Å². The van der Waals surface area contributed by atoms with Crippen molar-refractivity contribution in [3.63, 3.8) is 0 Å². The molecule has 3 nitrogen and oxygen atoms in total. The number of carbonyl (C=O) groups is 1. The van der Waals surface area contributed by atoms with Crippen LogP contribution in [0.25, 0.3) is 0 Å². The zero-order valence-electron chi connectivity index (χ0n) is 9.84. The fourth-order valence-corrected chi connectivity index (χ4v) is 1.17. The second kappa shape index (κ2) is 6.57. The van der Waals surface area contributed by atoms with Crippen LogP contribution in [0.15, 0.2) is 0 Å². The Balaban J connectivity index is 3.59. The Morgan fingerprint density at radius 2 is 2.00 bits per heavy atom. The van der Waals surface area contributed by atoms with E-state index in [0.717, 1.165) is 19.5 Å². The van der Waals surface area contributed by atoms with E-state index in [1.54, 1.807) is 6.92 Å². The number of rotatable bonds is 6. The molecule has 1 unspecified atom stereocenters. The van der Waals surface area contributed by atoms with Crippen LogP contribution >= 0.6 is 0 Å². The fraction of sp³-hybridized carbons (Fsp3) is 0.818. The summed E-state index contributed by atoms with van der Waals surface area (Å²) in [5, 5.41) is 2.78. The van der Waals surface area contributed by atoms with Gasteiger partial charge in [0.15, 0.2) is 6.04 Å². The van der Waals surface area contributed by atoms with E-state index in [1.165, 1.54) is 0 Å². The number of hydrogen-bond acceptors (Lipinski definition) is 1. The molecule has 1 amide bonds. The Labute approximate surface area is 87.2 Å². The molecule has 0 rings (SSSR count). The summed E-state index contributed by atoms with van der Waals surface area (Å²) in [6, 6.07) is 0.493. The minimum Gasteiger partial charge on any atom is -0.356 e. The first-order chi connectivity index (χ1) is 6.45. The van der Waals surface area contributed by atoms with Crippen molar-refractivity contribution in [2.24, 2.45) is 5.92 Å². The molecular formula is C11H23N2O+. The van der Waals surface area contributed by atoms with Crippen LogP contribution in [0.2, 0.25) is 0 Å². The van der Waals surface area contributed by atoms with Crippen molar-refractivity contribution in [1.29, 1.82) is 0 Å². The van der Waals surface area contributed by atoms with E-state index in [-0.39, 0.29) is 5.91 Å². The third-order valence-electron chi connectivity index (χ3n) is 2.54. The van der Waals surface area contributed by atoms with E-state index in [9.17, 15) is 4.79 Å². The van der Waals surface area contributed by atoms with Crippen molar-refractivity contribution >= 4 is 12.6 Å². The van der Waals surface area contributed by atoms with Gasteiger partial charge in [0.2, 0.25) is 5.91 Å². The lowest BCUT2D eigenvalue weighted by Crippen LogP contribution is -2.30. The molecule has 0 saturated heterocycles. The highest BCUT2D eigenvalue weighted by Crippen LogP contribution is 2.04. The highest BCUT2D eigenvalue weighted by atomic mass is 16.1. The lowest BCUT2D eigenvalue weighted by Gasteiger charge is -2.13. The van der Waals surface area contributed by atoms with Gasteiger partial charge in [-0.05, 0) is 6.92 Å². The summed E-state index contributed by atoms with van der Waals surface area (Å²) in [5.74, 6) is 0.658. The minimum atomic E-state index is 0.0394. The average molecular weight is 199 g/mol. The smallest absolute Gasteiger partial charge is 0.216 e. The topological polar surface area (TPSA) is 32.1 Å². The Hall–Kier alpha value is -0.860. The summed E-state index contributed by atoms with van der Waals surface area (Å²) in [4.78, 5) is 10.6. The zero-order valence-corrected chi connectivity index (χ0v) is 9.84. The van der Waals surface area contributed by atoms with Crippen molar-refractivity contribution in [2.75, 3.05) is 13.1 Å². The van der Waals surface area contributed by atoms with Gasteiger partial charge in [0, 0.05) is 25.8 Å². The zero-order chi connectivity index (χ0) is 11.1. The molecule has 0 aliphatic heterocycles. The predicted octanol–water partition coefficient (Wildman–Crippen LogP) is 1.27. The molecule has 82 valence electrons. The number of nitrogens with zero attached hydrogens (tertiary/aromatic N) is 1. The van der Waals surface area contributed by atoms with Gasteiger partial charge in [-0.25, -0.2) is 4.58 Å². The van der Waals surface area contributed by atoms with Gasteiger partial charge in [-0.15, -0.1) is 0 Å². The summed E-state index contributed by atoms with van der Waals surface area (Å²) in [6.07, 6.45) is 0.958. The monoisotopic (exact) mass is 199 g/mol. The fourth-order valence-electron chi connectivity index (χ4n) is 1.17. The van der Waals surface area contributed by atoms with E-state index >= 15 is 0 Å². The highest BCUT2D eigenvalue weighted by Gasteiger charge is 2.16. The minimum absolute atomic E-state index is 0.0394. The largest absolute Gasteiger partial charge is 0.356 e. The van der Waals surface area contributed by atoms with E-state index in [2.05, 4.69) is 37.4 Å². The van der Waals surface area contributed by atoms with Crippen LogP contribution in [0, 0.1) is 5.92 Å². The Bertz CT molecular complexity index is 199. The van der Waals surface area contributed by atoms with Crippen molar-refractivity contribution < 1.29 is 9.37 Å². The first-order valence-corrected chi connectivity index (χ1v) is 5.26. The Kier molecular flexibility index (Phi) is 6.17. The third kappa shape index (κ3) is 5.73. The van der Waals surface area contributed by atoms with Gasteiger partial charge in [0.05, 0.1) is 0 Å². The molecular weight excluding hydrogens is 176 g/mol. The Morgan fingerprint density at radius 1 is 1.43 bits per heavy atom. The standard InChI is InChI=1S/C11H22N2O/c1-9(2)10(3)13(5)8-6-7-12-11(4)14/h9-10H,5-8H2,1-4H3/p+1. The van der Waals surface area contributed by atoms with Crippen molar-refractivity contribution in [2.45, 2.75) is 40.2 Å². The lowest BCUT2D eigenvalue weighted by molar-refractivity contribution is -0.562. The molecule has 3 heteroatoms. The molecule has 14 heavy (non-hydrogen) atoms. The molecule has 0 radical (unpaired) electrons. The second-order valence-electron chi connectivity index (χ2n) is 4.13. The lowest BCUT2D eigenvalue weighted by atomic mass is 10.1. The van der Waals surface area contributed by atoms with Crippen LogP contribution in [0.5, 0.6) is 0 Å². The molecule has 0 heterocycles. The summed E-state index contributed by atoms with van der Waals surface area (Å²) in [6.45, 7) is 13.8. The van der Waals surface area contributed by atoms with Crippen LogP contribution in [0.3, 0.4) is 0 Å². The molecule has 1 N–H and O–H groups in total. The van der Waals surface area contributed by atoms with Crippen LogP contribution in [-0.4, -0.2) is 36.3 Å². The SMILES string of the molecule is C=[N+](CCCNC(C)=O)C(C)C(C)C. The Morgan fingerprint density at radius 3 is 2.43 bits per heavy atom. The van der Waals surface area contributed by atoms with Crippen LogP contribution in [-0.2, 0) is 4.79 Å². The maximum atomic E-state index is 10.6. The maximum Gasteiger partial charge on any atom is 0.216 e. The first kappa shape index (κ1) is 13.1. The molecule has 0 aromatic rings. The summed E-state index contributed by atoms with van der Waals surface area (Å²) in [7, 11) is 0. The van der Waals surface area contributed by atoms with Gasteiger partial charge in [-0.3, -0.25) is 4.79 Å². The summed E-state index contributed by atoms with van der Waals surface area (Å²) in [5.41, 5.74) is 0.